The van der Waals surface area contributed by atoms with Gasteiger partial charge in [0.25, 0.3) is 0 Å². The third-order valence-corrected chi connectivity index (χ3v) is 12.4. The van der Waals surface area contributed by atoms with E-state index in [0.29, 0.717) is 0 Å². The van der Waals surface area contributed by atoms with Gasteiger partial charge in [0, 0.05) is 9.52 Å². The third kappa shape index (κ3) is 7.48. The van der Waals surface area contributed by atoms with Crippen LogP contribution in [0.25, 0.3) is 0 Å². The fraction of sp³-hybridized carbons (Fsp3) is 0.200. The molecule has 0 saturated carbocycles. The summed E-state index contributed by atoms with van der Waals surface area (Å²) in [6.07, 6.45) is 5.27. The smallest absolute Gasteiger partial charge is 0.0378 e. The van der Waals surface area contributed by atoms with Crippen LogP contribution in [0.3, 0.4) is 0 Å². The largest absolute Gasteiger partial charge is 0.0622 e. The summed E-state index contributed by atoms with van der Waals surface area (Å²) in [5.41, 5.74) is 0. The van der Waals surface area contributed by atoms with Gasteiger partial charge in [0.2, 0.25) is 0 Å². The molecule has 33 heavy (non-hydrogen) atoms. The zero-order valence-electron chi connectivity index (χ0n) is 19.2. The van der Waals surface area contributed by atoms with Crippen molar-refractivity contribution in [3.8, 4) is 0 Å². The van der Waals surface area contributed by atoms with E-state index in [1.165, 1.54) is 58.5 Å². The van der Waals surface area contributed by atoms with Crippen LogP contribution in [-0.2, 0) is 0 Å². The summed E-state index contributed by atoms with van der Waals surface area (Å²) in [4.78, 5) is 0. The lowest BCUT2D eigenvalue weighted by Gasteiger charge is -2.19. The van der Waals surface area contributed by atoms with Crippen LogP contribution in [0.5, 0.6) is 0 Å². The molecule has 0 bridgehead atoms. The predicted octanol–water partition coefficient (Wildman–Crippen LogP) is 6.57. The van der Waals surface area contributed by atoms with Gasteiger partial charge in [-0.2, -0.15) is 0 Å². The summed E-state index contributed by atoms with van der Waals surface area (Å²) < 4.78 is 0. The van der Waals surface area contributed by atoms with Gasteiger partial charge in [0.1, 0.15) is 0 Å². The lowest BCUT2D eigenvalue weighted by molar-refractivity contribution is 1.04. The molecule has 0 fully saturated rings. The Morgan fingerprint density at radius 3 is 0.939 bits per heavy atom. The highest BCUT2D eigenvalue weighted by Gasteiger charge is 2.14. The van der Waals surface area contributed by atoms with Gasteiger partial charge >= 0.3 is 0 Å². The standard InChI is InChI=1S/C30H32P2Si/c1-5-15-27(16-6-1)31(28-17-7-2-8-18-28)23-13-25-33-26-14-24-32(29-19-9-3-10-20-29)30-21-11-4-12-22-30/h1-12,15-22H,13-14,23-26H2. The van der Waals surface area contributed by atoms with Crippen molar-refractivity contribution >= 4 is 46.6 Å². The molecular weight excluding hydrogens is 450 g/mol. The molecular formula is C30H32P2Si. The number of rotatable bonds is 12. The predicted molar refractivity (Wildman–Crippen MR) is 152 cm³/mol. The molecule has 2 radical (unpaired) electrons. The fourth-order valence-corrected chi connectivity index (χ4v) is 10.5. The number of benzene rings is 4. The molecule has 0 atom stereocenters. The van der Waals surface area contributed by atoms with Crippen molar-refractivity contribution in [2.45, 2.75) is 24.9 Å². The molecule has 0 aliphatic rings. The van der Waals surface area contributed by atoms with Crippen LogP contribution < -0.4 is 21.2 Å². The van der Waals surface area contributed by atoms with Gasteiger partial charge in [-0.3, -0.25) is 0 Å². The van der Waals surface area contributed by atoms with Crippen molar-refractivity contribution in [2.75, 3.05) is 12.3 Å². The van der Waals surface area contributed by atoms with E-state index in [1.54, 1.807) is 0 Å². The van der Waals surface area contributed by atoms with E-state index in [2.05, 4.69) is 121 Å². The second kappa shape index (κ2) is 13.6. The molecule has 3 heteroatoms. The van der Waals surface area contributed by atoms with E-state index in [9.17, 15) is 0 Å². The van der Waals surface area contributed by atoms with E-state index in [4.69, 9.17) is 0 Å². The van der Waals surface area contributed by atoms with Crippen LogP contribution in [0.4, 0.5) is 0 Å². The summed E-state index contributed by atoms with van der Waals surface area (Å²) in [6, 6.07) is 47.3. The second-order valence-electron chi connectivity index (χ2n) is 8.10. The maximum absolute atomic E-state index is 2.32. The molecule has 0 aliphatic heterocycles. The molecule has 0 amide bonds. The van der Waals surface area contributed by atoms with Gasteiger partial charge in [-0.25, -0.2) is 0 Å². The monoisotopic (exact) mass is 482 g/mol. The maximum atomic E-state index is 2.32. The van der Waals surface area contributed by atoms with Gasteiger partial charge in [0.15, 0.2) is 0 Å². The number of hydrogen-bond acceptors (Lipinski definition) is 0. The van der Waals surface area contributed by atoms with Crippen LogP contribution in [0.2, 0.25) is 12.1 Å². The lowest BCUT2D eigenvalue weighted by Crippen LogP contribution is -2.14. The summed E-state index contributed by atoms with van der Waals surface area (Å²) in [7, 11) is 0.605. The highest BCUT2D eigenvalue weighted by molar-refractivity contribution is 7.73. The summed E-state index contributed by atoms with van der Waals surface area (Å²) in [5, 5.41) is 6.05. The van der Waals surface area contributed by atoms with Crippen LogP contribution in [0.1, 0.15) is 12.8 Å². The minimum absolute atomic E-state index is 0.239. The zero-order valence-corrected chi connectivity index (χ0v) is 22.0. The van der Waals surface area contributed by atoms with E-state index < -0.39 is 0 Å². The van der Waals surface area contributed by atoms with Crippen molar-refractivity contribution in [1.29, 1.82) is 0 Å². The number of hydrogen-bond donors (Lipinski definition) is 0. The van der Waals surface area contributed by atoms with Crippen LogP contribution >= 0.6 is 15.8 Å². The van der Waals surface area contributed by atoms with Crippen LogP contribution in [0, 0.1) is 0 Å². The van der Waals surface area contributed by atoms with Crippen LogP contribution in [-0.4, -0.2) is 21.8 Å². The van der Waals surface area contributed by atoms with E-state index >= 15 is 0 Å². The molecule has 0 unspecified atom stereocenters. The molecule has 166 valence electrons. The normalized spacial score (nSPS) is 11.2. The topological polar surface area (TPSA) is 0 Å². The molecule has 4 aromatic carbocycles. The highest BCUT2D eigenvalue weighted by atomic mass is 31.1. The van der Waals surface area contributed by atoms with Crippen molar-refractivity contribution < 1.29 is 0 Å². The van der Waals surface area contributed by atoms with Crippen LogP contribution in [0.15, 0.2) is 121 Å². The lowest BCUT2D eigenvalue weighted by atomic mass is 10.4. The van der Waals surface area contributed by atoms with E-state index in [-0.39, 0.29) is 15.8 Å². The molecule has 0 aliphatic carbocycles. The Balaban J connectivity index is 1.25. The van der Waals surface area contributed by atoms with Crippen molar-refractivity contribution in [2.24, 2.45) is 0 Å². The van der Waals surface area contributed by atoms with Crippen molar-refractivity contribution in [3.05, 3.63) is 121 Å². The molecule has 0 saturated heterocycles. The quantitative estimate of drug-likeness (QED) is 0.122. The first-order valence-corrected chi connectivity index (χ1v) is 16.3. The Hall–Kier alpha value is -2.04. The Morgan fingerprint density at radius 1 is 0.394 bits per heavy atom. The third-order valence-electron chi connectivity index (χ3n) is 5.74. The van der Waals surface area contributed by atoms with Gasteiger partial charge in [-0.1, -0.05) is 146 Å². The van der Waals surface area contributed by atoms with E-state index in [0.717, 1.165) is 9.52 Å². The maximum Gasteiger partial charge on any atom is 0.0378 e. The zero-order chi connectivity index (χ0) is 22.6. The molecule has 4 rings (SSSR count). The Bertz CT molecular complexity index is 874. The SMILES string of the molecule is c1ccc(P(CCC[Si]CCCP(c2ccccc2)c2ccccc2)c2ccccc2)cc1. The molecule has 0 N–H and O–H groups in total. The second-order valence-corrected chi connectivity index (χ2v) is 14.3. The molecule has 0 nitrogen and oxygen atoms in total. The minimum Gasteiger partial charge on any atom is -0.0622 e. The average molecular weight is 483 g/mol. The van der Waals surface area contributed by atoms with E-state index in [1.807, 2.05) is 0 Å². The summed E-state index contributed by atoms with van der Waals surface area (Å²) in [5.74, 6) is 0. The Kier molecular flexibility index (Phi) is 9.94. The van der Waals surface area contributed by atoms with Gasteiger partial charge in [0.05, 0.1) is 0 Å². The molecule has 0 heterocycles. The van der Waals surface area contributed by atoms with Gasteiger partial charge in [-0.05, 0) is 49.4 Å². The highest BCUT2D eigenvalue weighted by Crippen LogP contribution is 2.36. The molecule has 0 spiro atoms. The first-order valence-electron chi connectivity index (χ1n) is 11.9. The van der Waals surface area contributed by atoms with Gasteiger partial charge < -0.3 is 0 Å². The molecule has 0 aromatic heterocycles. The summed E-state index contributed by atoms with van der Waals surface area (Å²) >= 11 is 0. The first-order chi connectivity index (χ1) is 16.4. The Labute approximate surface area is 204 Å². The van der Waals surface area contributed by atoms with Crippen molar-refractivity contribution in [3.63, 3.8) is 0 Å². The van der Waals surface area contributed by atoms with Gasteiger partial charge in [-0.15, -0.1) is 0 Å². The summed E-state index contributed by atoms with van der Waals surface area (Å²) in [6.45, 7) is 0. The average Bonchev–Trinajstić information content (AvgIpc) is 2.90. The first kappa shape index (κ1) is 24.1. The Morgan fingerprint density at radius 2 is 0.667 bits per heavy atom. The molecule has 4 aromatic rings. The van der Waals surface area contributed by atoms with Crippen molar-refractivity contribution in [1.82, 2.24) is 0 Å². The fourth-order valence-electron chi connectivity index (χ4n) is 4.10. The minimum atomic E-state index is -0.239.